The first-order valence-electron chi connectivity index (χ1n) is 7.31. The van der Waals surface area contributed by atoms with E-state index in [9.17, 15) is 4.39 Å². The van der Waals surface area contributed by atoms with Crippen molar-refractivity contribution < 1.29 is 9.13 Å². The Balaban J connectivity index is 2.22. The molecule has 0 fully saturated rings. The molecule has 0 aliphatic carbocycles. The van der Waals surface area contributed by atoms with Gasteiger partial charge in [0.25, 0.3) is 0 Å². The molecule has 1 atom stereocenters. The van der Waals surface area contributed by atoms with Gasteiger partial charge in [-0.15, -0.1) is 0 Å². The van der Waals surface area contributed by atoms with Gasteiger partial charge in [0.15, 0.2) is 0 Å². The lowest BCUT2D eigenvalue weighted by Gasteiger charge is -2.25. The molecular weight excluding hydrogens is 255 g/mol. The number of halogens is 1. The fourth-order valence-corrected chi connectivity index (χ4v) is 2.16. The van der Waals surface area contributed by atoms with Crippen LogP contribution in [0.3, 0.4) is 0 Å². The third-order valence-corrected chi connectivity index (χ3v) is 3.61. The summed E-state index contributed by atoms with van der Waals surface area (Å²) in [6.07, 6.45) is 2.23. The summed E-state index contributed by atoms with van der Waals surface area (Å²) in [4.78, 5) is 2.20. The van der Waals surface area contributed by atoms with Gasteiger partial charge in [-0.2, -0.15) is 0 Å². The van der Waals surface area contributed by atoms with Crippen molar-refractivity contribution in [2.75, 3.05) is 40.4 Å². The zero-order valence-corrected chi connectivity index (χ0v) is 12.9. The first-order chi connectivity index (χ1) is 9.66. The van der Waals surface area contributed by atoms with E-state index in [2.05, 4.69) is 24.2 Å². The standard InChI is InChI=1S/C16H27FN2O/c1-14(15-8-4-5-9-16(15)17)19(2)12-7-6-10-18-11-13-20-3/h4-5,8-9,14,18H,6-7,10-13H2,1-3H3. The number of methoxy groups -OCH3 is 1. The topological polar surface area (TPSA) is 24.5 Å². The molecule has 0 bridgehead atoms. The lowest BCUT2D eigenvalue weighted by Crippen LogP contribution is -2.26. The van der Waals surface area contributed by atoms with Crippen LogP contribution in [0.25, 0.3) is 0 Å². The highest BCUT2D eigenvalue weighted by Crippen LogP contribution is 2.21. The van der Waals surface area contributed by atoms with Crippen LogP contribution in [0.4, 0.5) is 4.39 Å². The first-order valence-corrected chi connectivity index (χ1v) is 7.31. The van der Waals surface area contributed by atoms with E-state index in [0.29, 0.717) is 0 Å². The van der Waals surface area contributed by atoms with Crippen LogP contribution in [0, 0.1) is 5.82 Å². The van der Waals surface area contributed by atoms with Crippen LogP contribution < -0.4 is 5.32 Å². The number of nitrogens with zero attached hydrogens (tertiary/aromatic N) is 1. The maximum absolute atomic E-state index is 13.7. The Morgan fingerprint density at radius 3 is 2.70 bits per heavy atom. The minimum Gasteiger partial charge on any atom is -0.383 e. The quantitative estimate of drug-likeness (QED) is 0.668. The molecule has 4 heteroatoms. The van der Waals surface area contributed by atoms with Crippen LogP contribution in [-0.4, -0.2) is 45.3 Å². The largest absolute Gasteiger partial charge is 0.383 e. The molecule has 20 heavy (non-hydrogen) atoms. The van der Waals surface area contributed by atoms with Gasteiger partial charge in [0.1, 0.15) is 5.82 Å². The fraction of sp³-hybridized carbons (Fsp3) is 0.625. The number of ether oxygens (including phenoxy) is 1. The van der Waals surface area contributed by atoms with Crippen molar-refractivity contribution in [3.05, 3.63) is 35.6 Å². The Labute approximate surface area is 122 Å². The predicted octanol–water partition coefficient (Wildman–Crippen LogP) is 2.83. The highest BCUT2D eigenvalue weighted by Gasteiger charge is 2.14. The van der Waals surface area contributed by atoms with Gasteiger partial charge in [-0.05, 0) is 46.0 Å². The highest BCUT2D eigenvalue weighted by molar-refractivity contribution is 5.20. The monoisotopic (exact) mass is 282 g/mol. The second-order valence-corrected chi connectivity index (χ2v) is 5.13. The minimum atomic E-state index is -0.118. The van der Waals surface area contributed by atoms with Gasteiger partial charge in [-0.3, -0.25) is 4.90 Å². The van der Waals surface area contributed by atoms with Crippen molar-refractivity contribution in [3.63, 3.8) is 0 Å². The second-order valence-electron chi connectivity index (χ2n) is 5.13. The Bertz CT molecular complexity index is 373. The number of hydrogen-bond donors (Lipinski definition) is 1. The summed E-state index contributed by atoms with van der Waals surface area (Å²) >= 11 is 0. The minimum absolute atomic E-state index is 0.109. The van der Waals surface area contributed by atoms with E-state index in [4.69, 9.17) is 4.74 Å². The molecule has 0 spiro atoms. The fourth-order valence-electron chi connectivity index (χ4n) is 2.16. The van der Waals surface area contributed by atoms with Crippen LogP contribution in [0.15, 0.2) is 24.3 Å². The number of benzene rings is 1. The molecule has 1 unspecified atom stereocenters. The van der Waals surface area contributed by atoms with Crippen LogP contribution in [-0.2, 0) is 4.74 Å². The molecule has 0 saturated heterocycles. The third-order valence-electron chi connectivity index (χ3n) is 3.61. The van der Waals surface area contributed by atoms with Gasteiger partial charge in [-0.1, -0.05) is 18.2 Å². The molecule has 0 heterocycles. The van der Waals surface area contributed by atoms with E-state index < -0.39 is 0 Å². The van der Waals surface area contributed by atoms with Crippen molar-refractivity contribution in [1.82, 2.24) is 10.2 Å². The van der Waals surface area contributed by atoms with Gasteiger partial charge >= 0.3 is 0 Å². The van der Waals surface area contributed by atoms with Crippen LogP contribution >= 0.6 is 0 Å². The molecule has 1 rings (SSSR count). The van der Waals surface area contributed by atoms with Crippen LogP contribution in [0.5, 0.6) is 0 Å². The first kappa shape index (κ1) is 17.1. The van der Waals surface area contributed by atoms with Gasteiger partial charge in [0.2, 0.25) is 0 Å². The molecule has 0 aromatic heterocycles. The number of unbranched alkanes of at least 4 members (excludes halogenated alkanes) is 1. The highest BCUT2D eigenvalue weighted by atomic mass is 19.1. The molecule has 0 amide bonds. The van der Waals surface area contributed by atoms with Crippen molar-refractivity contribution in [2.45, 2.75) is 25.8 Å². The van der Waals surface area contributed by atoms with E-state index in [1.165, 1.54) is 6.07 Å². The van der Waals surface area contributed by atoms with E-state index in [-0.39, 0.29) is 11.9 Å². The molecule has 1 aromatic rings. The molecule has 0 radical (unpaired) electrons. The van der Waals surface area contributed by atoms with E-state index in [1.807, 2.05) is 12.1 Å². The van der Waals surface area contributed by atoms with E-state index in [1.54, 1.807) is 13.2 Å². The summed E-state index contributed by atoms with van der Waals surface area (Å²) in [6, 6.07) is 7.12. The molecule has 3 nitrogen and oxygen atoms in total. The summed E-state index contributed by atoms with van der Waals surface area (Å²) in [5.74, 6) is -0.118. The Morgan fingerprint density at radius 2 is 2.00 bits per heavy atom. The SMILES string of the molecule is COCCNCCCCN(C)C(C)c1ccccc1F. The van der Waals surface area contributed by atoms with Gasteiger partial charge in [0.05, 0.1) is 6.61 Å². The summed E-state index contributed by atoms with van der Waals surface area (Å²) in [7, 11) is 3.76. The van der Waals surface area contributed by atoms with Crippen molar-refractivity contribution in [2.24, 2.45) is 0 Å². The Morgan fingerprint density at radius 1 is 1.25 bits per heavy atom. The van der Waals surface area contributed by atoms with Crippen molar-refractivity contribution >= 4 is 0 Å². The van der Waals surface area contributed by atoms with E-state index >= 15 is 0 Å². The Hall–Kier alpha value is -0.970. The predicted molar refractivity (Wildman–Crippen MR) is 81.4 cm³/mol. The van der Waals surface area contributed by atoms with Crippen LogP contribution in [0.1, 0.15) is 31.4 Å². The van der Waals surface area contributed by atoms with Crippen molar-refractivity contribution in [3.8, 4) is 0 Å². The average molecular weight is 282 g/mol. The number of rotatable bonds is 10. The van der Waals surface area contributed by atoms with Gasteiger partial charge in [-0.25, -0.2) is 4.39 Å². The average Bonchev–Trinajstić information content (AvgIpc) is 2.46. The van der Waals surface area contributed by atoms with Gasteiger partial charge < -0.3 is 10.1 Å². The number of nitrogens with one attached hydrogen (secondary N) is 1. The summed E-state index contributed by atoms with van der Waals surface area (Å²) in [5.41, 5.74) is 0.771. The molecule has 0 aliphatic rings. The zero-order chi connectivity index (χ0) is 14.8. The Kier molecular flexibility index (Phi) is 8.42. The molecule has 114 valence electrons. The summed E-state index contributed by atoms with van der Waals surface area (Å²) in [6.45, 7) is 5.68. The second kappa shape index (κ2) is 9.86. The van der Waals surface area contributed by atoms with Crippen LogP contribution in [0.2, 0.25) is 0 Å². The van der Waals surface area contributed by atoms with Crippen molar-refractivity contribution in [1.29, 1.82) is 0 Å². The van der Waals surface area contributed by atoms with Gasteiger partial charge in [0, 0.05) is 25.3 Å². The molecule has 0 aliphatic heterocycles. The third kappa shape index (κ3) is 5.99. The number of hydrogen-bond acceptors (Lipinski definition) is 3. The lowest BCUT2D eigenvalue weighted by molar-refractivity contribution is 0.199. The maximum Gasteiger partial charge on any atom is 0.127 e. The summed E-state index contributed by atoms with van der Waals surface area (Å²) < 4.78 is 18.7. The molecular formula is C16H27FN2O. The smallest absolute Gasteiger partial charge is 0.127 e. The molecule has 0 saturated carbocycles. The lowest BCUT2D eigenvalue weighted by atomic mass is 10.1. The molecule has 1 N–H and O–H groups in total. The normalized spacial score (nSPS) is 12.8. The van der Waals surface area contributed by atoms with E-state index in [0.717, 1.165) is 44.6 Å². The zero-order valence-electron chi connectivity index (χ0n) is 12.9. The maximum atomic E-state index is 13.7. The summed E-state index contributed by atoms with van der Waals surface area (Å²) in [5, 5.41) is 3.33. The molecule has 1 aromatic carbocycles.